The largest absolute Gasteiger partial charge is 0.378 e. The van der Waals surface area contributed by atoms with Crippen LogP contribution in [0.2, 0.25) is 0 Å². The van der Waals surface area contributed by atoms with Crippen molar-refractivity contribution in [3.8, 4) is 0 Å². The van der Waals surface area contributed by atoms with Crippen molar-refractivity contribution in [3.05, 3.63) is 24.3 Å². The molecule has 1 heterocycles. The second-order valence-electron chi connectivity index (χ2n) is 4.58. The zero-order valence-electron chi connectivity index (χ0n) is 10.8. The lowest BCUT2D eigenvalue weighted by Crippen LogP contribution is -2.49. The minimum atomic E-state index is -0.0729. The molecule has 0 spiro atoms. The topological polar surface area (TPSA) is 58.8 Å². The van der Waals surface area contributed by atoms with Gasteiger partial charge in [0.15, 0.2) is 0 Å². The third-order valence-electron chi connectivity index (χ3n) is 3.07. The predicted molar refractivity (Wildman–Crippen MR) is 71.9 cm³/mol. The van der Waals surface area contributed by atoms with E-state index in [1.54, 1.807) is 4.90 Å². The number of morpholine rings is 1. The Kier molecular flexibility index (Phi) is 3.84. The van der Waals surface area contributed by atoms with Crippen LogP contribution < -0.4 is 15.5 Å². The Morgan fingerprint density at radius 3 is 2.61 bits per heavy atom. The normalized spacial score (nSPS) is 20.1. The summed E-state index contributed by atoms with van der Waals surface area (Å²) in [5, 5.41) is 0. The second kappa shape index (κ2) is 5.37. The Hall–Kier alpha value is -1.59. The Morgan fingerprint density at radius 1 is 1.39 bits per heavy atom. The summed E-state index contributed by atoms with van der Waals surface area (Å²) >= 11 is 0. The molecule has 18 heavy (non-hydrogen) atoms. The fraction of sp³-hybridized carbons (Fsp3) is 0.462. The van der Waals surface area contributed by atoms with E-state index in [1.807, 2.05) is 43.3 Å². The number of carbonyl (C=O) groups excluding carboxylic acids is 1. The van der Waals surface area contributed by atoms with Crippen molar-refractivity contribution in [3.63, 3.8) is 0 Å². The van der Waals surface area contributed by atoms with Crippen LogP contribution in [-0.2, 0) is 9.53 Å². The number of nitrogens with zero attached hydrogens (tertiary/aromatic N) is 2. The number of hydrogen-bond donors (Lipinski definition) is 1. The van der Waals surface area contributed by atoms with Gasteiger partial charge in [-0.25, -0.2) is 0 Å². The smallest absolute Gasteiger partial charge is 0.253 e. The molecular formula is C13H19N3O2. The van der Waals surface area contributed by atoms with E-state index in [0.717, 1.165) is 11.4 Å². The van der Waals surface area contributed by atoms with Gasteiger partial charge in [0, 0.05) is 32.0 Å². The molecule has 1 aliphatic rings. The van der Waals surface area contributed by atoms with E-state index in [0.29, 0.717) is 13.1 Å². The van der Waals surface area contributed by atoms with Crippen molar-refractivity contribution in [1.29, 1.82) is 0 Å². The average molecular weight is 249 g/mol. The fourth-order valence-corrected chi connectivity index (χ4v) is 1.95. The van der Waals surface area contributed by atoms with Crippen molar-refractivity contribution in [2.45, 2.75) is 6.10 Å². The maximum Gasteiger partial charge on any atom is 0.253 e. The molecule has 1 atom stereocenters. The monoisotopic (exact) mass is 249 g/mol. The molecule has 2 N–H and O–H groups in total. The van der Waals surface area contributed by atoms with Crippen LogP contribution in [0.25, 0.3) is 0 Å². The molecule has 0 radical (unpaired) electrons. The van der Waals surface area contributed by atoms with Gasteiger partial charge >= 0.3 is 0 Å². The van der Waals surface area contributed by atoms with E-state index in [9.17, 15) is 4.79 Å². The Labute approximate surface area is 107 Å². The van der Waals surface area contributed by atoms with Crippen LogP contribution in [0.3, 0.4) is 0 Å². The predicted octanol–water partition coefficient (Wildman–Crippen LogP) is 0.443. The quantitative estimate of drug-likeness (QED) is 0.844. The molecule has 1 aromatic carbocycles. The summed E-state index contributed by atoms with van der Waals surface area (Å²) in [6, 6.07) is 7.89. The van der Waals surface area contributed by atoms with Gasteiger partial charge in [-0.15, -0.1) is 0 Å². The fourth-order valence-electron chi connectivity index (χ4n) is 1.95. The van der Waals surface area contributed by atoms with E-state index >= 15 is 0 Å². The SMILES string of the molecule is CN(C)c1ccc(N2CC(CN)OCC2=O)cc1. The Balaban J connectivity index is 2.16. The van der Waals surface area contributed by atoms with Crippen molar-refractivity contribution >= 4 is 17.3 Å². The van der Waals surface area contributed by atoms with Crippen molar-refractivity contribution in [2.75, 3.05) is 43.6 Å². The molecule has 0 aliphatic carbocycles. The highest BCUT2D eigenvalue weighted by molar-refractivity contribution is 5.95. The van der Waals surface area contributed by atoms with Crippen LogP contribution in [0.15, 0.2) is 24.3 Å². The summed E-state index contributed by atoms with van der Waals surface area (Å²) in [7, 11) is 3.97. The molecule has 1 fully saturated rings. The van der Waals surface area contributed by atoms with Gasteiger partial charge in [0.1, 0.15) is 6.61 Å². The van der Waals surface area contributed by atoms with Crippen LogP contribution in [-0.4, -0.2) is 45.8 Å². The summed E-state index contributed by atoms with van der Waals surface area (Å²) in [6.07, 6.45) is -0.0729. The summed E-state index contributed by atoms with van der Waals surface area (Å²) in [5.74, 6) is -0.0164. The van der Waals surface area contributed by atoms with E-state index in [-0.39, 0.29) is 18.6 Å². The number of nitrogens with two attached hydrogens (primary N) is 1. The molecular weight excluding hydrogens is 230 g/mol. The van der Waals surface area contributed by atoms with E-state index in [4.69, 9.17) is 10.5 Å². The van der Waals surface area contributed by atoms with E-state index in [2.05, 4.69) is 0 Å². The Bertz CT molecular complexity index is 417. The van der Waals surface area contributed by atoms with Gasteiger partial charge in [0.25, 0.3) is 5.91 Å². The third kappa shape index (κ3) is 2.63. The number of ether oxygens (including phenoxy) is 1. The number of carbonyl (C=O) groups is 1. The van der Waals surface area contributed by atoms with Crippen molar-refractivity contribution < 1.29 is 9.53 Å². The molecule has 1 amide bonds. The molecule has 2 rings (SSSR count). The van der Waals surface area contributed by atoms with Gasteiger partial charge in [-0.3, -0.25) is 4.79 Å². The zero-order valence-corrected chi connectivity index (χ0v) is 10.8. The molecule has 1 aromatic rings. The first-order valence-electron chi connectivity index (χ1n) is 6.01. The van der Waals surface area contributed by atoms with Gasteiger partial charge in [-0.2, -0.15) is 0 Å². The highest BCUT2D eigenvalue weighted by atomic mass is 16.5. The minimum absolute atomic E-state index is 0.0164. The van der Waals surface area contributed by atoms with Gasteiger partial charge in [-0.1, -0.05) is 0 Å². The van der Waals surface area contributed by atoms with Crippen LogP contribution >= 0.6 is 0 Å². The highest BCUT2D eigenvalue weighted by Crippen LogP contribution is 2.21. The van der Waals surface area contributed by atoms with Crippen LogP contribution in [0, 0.1) is 0 Å². The molecule has 98 valence electrons. The number of anilines is 2. The lowest BCUT2D eigenvalue weighted by atomic mass is 10.2. The van der Waals surface area contributed by atoms with Crippen molar-refractivity contribution in [2.24, 2.45) is 5.73 Å². The first kappa shape index (κ1) is 12.9. The molecule has 1 saturated heterocycles. The Morgan fingerprint density at radius 2 is 2.06 bits per heavy atom. The molecule has 1 unspecified atom stereocenters. The van der Waals surface area contributed by atoms with Crippen molar-refractivity contribution in [1.82, 2.24) is 0 Å². The summed E-state index contributed by atoms with van der Waals surface area (Å²) in [5.41, 5.74) is 7.59. The number of hydrogen-bond acceptors (Lipinski definition) is 4. The average Bonchev–Trinajstić information content (AvgIpc) is 2.39. The minimum Gasteiger partial charge on any atom is -0.378 e. The summed E-state index contributed by atoms with van der Waals surface area (Å²) < 4.78 is 5.33. The first-order chi connectivity index (χ1) is 8.61. The van der Waals surface area contributed by atoms with Crippen LogP contribution in [0.4, 0.5) is 11.4 Å². The lowest BCUT2D eigenvalue weighted by molar-refractivity contribution is -0.128. The van der Waals surface area contributed by atoms with Crippen LogP contribution in [0.5, 0.6) is 0 Å². The zero-order chi connectivity index (χ0) is 13.1. The van der Waals surface area contributed by atoms with Gasteiger partial charge in [0.05, 0.1) is 12.6 Å². The molecule has 0 saturated carbocycles. The summed E-state index contributed by atoms with van der Waals surface area (Å²) in [6.45, 7) is 1.06. The van der Waals surface area contributed by atoms with Crippen LogP contribution in [0.1, 0.15) is 0 Å². The summed E-state index contributed by atoms with van der Waals surface area (Å²) in [4.78, 5) is 15.6. The highest BCUT2D eigenvalue weighted by Gasteiger charge is 2.26. The molecule has 5 nitrogen and oxygen atoms in total. The number of rotatable bonds is 3. The van der Waals surface area contributed by atoms with E-state index < -0.39 is 0 Å². The molecule has 0 bridgehead atoms. The molecule has 1 aliphatic heterocycles. The number of amides is 1. The van der Waals surface area contributed by atoms with Gasteiger partial charge in [-0.05, 0) is 24.3 Å². The van der Waals surface area contributed by atoms with Gasteiger partial charge in [0.2, 0.25) is 0 Å². The van der Waals surface area contributed by atoms with E-state index in [1.165, 1.54) is 0 Å². The first-order valence-corrected chi connectivity index (χ1v) is 6.01. The second-order valence-corrected chi connectivity index (χ2v) is 4.58. The maximum absolute atomic E-state index is 11.8. The van der Waals surface area contributed by atoms with Gasteiger partial charge < -0.3 is 20.3 Å². The molecule has 0 aromatic heterocycles. The third-order valence-corrected chi connectivity index (χ3v) is 3.07. The molecule has 5 heteroatoms. The standard InChI is InChI=1S/C13H19N3O2/c1-15(2)10-3-5-11(6-4-10)16-8-12(7-14)18-9-13(16)17/h3-6,12H,7-9,14H2,1-2H3. The lowest BCUT2D eigenvalue weighted by Gasteiger charge is -2.32. The number of benzene rings is 1. The maximum atomic E-state index is 11.8.